The molecule has 22 heavy (non-hydrogen) atoms. The Hall–Kier alpha value is -0.430. The Morgan fingerprint density at radius 3 is 2.64 bits per heavy atom. The van der Waals surface area contributed by atoms with Crippen molar-refractivity contribution >= 4 is 41.7 Å². The van der Waals surface area contributed by atoms with Gasteiger partial charge in [-0.05, 0) is 56.7 Å². The summed E-state index contributed by atoms with van der Waals surface area (Å²) in [5, 5.41) is 6.83. The molecule has 0 aliphatic heterocycles. The second kappa shape index (κ2) is 13.0. The fourth-order valence-electron chi connectivity index (χ4n) is 2.22. The number of hydrogen-bond donors (Lipinski definition) is 2. The molecule has 1 rings (SSSR count). The Morgan fingerprint density at radius 2 is 2.00 bits per heavy atom. The van der Waals surface area contributed by atoms with Crippen molar-refractivity contribution in [1.29, 1.82) is 0 Å². The van der Waals surface area contributed by atoms with Crippen LogP contribution in [0.1, 0.15) is 43.9 Å². The number of nitrogens with zero attached hydrogens (tertiary/aromatic N) is 1. The molecule has 0 aliphatic carbocycles. The molecule has 0 heterocycles. The molecule has 1 atom stereocenters. The van der Waals surface area contributed by atoms with Crippen LogP contribution in [0.25, 0.3) is 0 Å². The minimum atomic E-state index is 0. The van der Waals surface area contributed by atoms with Crippen molar-refractivity contribution in [1.82, 2.24) is 10.6 Å². The standard InChI is InChI=1S/C17H29N3S.HI/c1-5-18-17(19-12-8-9-13-21-4)20-15(3)16-11-7-6-10-14(16)2;/h6-7,10-11,15H,5,8-9,12-13H2,1-4H3,(H2,18,19,20);1H. The zero-order valence-electron chi connectivity index (χ0n) is 14.2. The van der Waals surface area contributed by atoms with E-state index in [2.05, 4.69) is 66.9 Å². The molecule has 1 aromatic rings. The molecule has 0 saturated heterocycles. The van der Waals surface area contributed by atoms with Gasteiger partial charge in [-0.2, -0.15) is 11.8 Å². The van der Waals surface area contributed by atoms with Crippen LogP contribution in [0.2, 0.25) is 0 Å². The summed E-state index contributed by atoms with van der Waals surface area (Å²) >= 11 is 1.90. The molecule has 0 aliphatic rings. The van der Waals surface area contributed by atoms with Gasteiger partial charge in [-0.1, -0.05) is 24.3 Å². The van der Waals surface area contributed by atoms with Gasteiger partial charge in [0.15, 0.2) is 5.96 Å². The first-order chi connectivity index (χ1) is 10.2. The molecule has 2 N–H and O–H groups in total. The molecule has 1 unspecified atom stereocenters. The molecule has 0 amide bonds. The number of hydrogen-bond acceptors (Lipinski definition) is 2. The first kappa shape index (κ1) is 21.6. The van der Waals surface area contributed by atoms with Crippen molar-refractivity contribution in [2.75, 3.05) is 25.1 Å². The van der Waals surface area contributed by atoms with Crippen LogP contribution in [0.3, 0.4) is 0 Å². The second-order valence-corrected chi connectivity index (χ2v) is 6.17. The molecular formula is C17H30IN3S. The van der Waals surface area contributed by atoms with Crippen LogP contribution < -0.4 is 10.6 Å². The normalized spacial score (nSPS) is 12.5. The molecule has 0 radical (unpaired) electrons. The van der Waals surface area contributed by atoms with Gasteiger partial charge in [0.25, 0.3) is 0 Å². The van der Waals surface area contributed by atoms with Gasteiger partial charge < -0.3 is 10.6 Å². The lowest BCUT2D eigenvalue weighted by molar-refractivity contribution is 0.679. The highest BCUT2D eigenvalue weighted by Gasteiger charge is 2.09. The van der Waals surface area contributed by atoms with Crippen molar-refractivity contribution in [2.45, 2.75) is 39.7 Å². The van der Waals surface area contributed by atoms with Crippen molar-refractivity contribution in [3.63, 3.8) is 0 Å². The van der Waals surface area contributed by atoms with E-state index in [4.69, 9.17) is 0 Å². The minimum absolute atomic E-state index is 0. The van der Waals surface area contributed by atoms with Gasteiger partial charge in [0, 0.05) is 13.1 Å². The Balaban J connectivity index is 0.00000441. The van der Waals surface area contributed by atoms with E-state index in [1.54, 1.807) is 0 Å². The molecule has 5 heteroatoms. The smallest absolute Gasteiger partial charge is 0.191 e. The summed E-state index contributed by atoms with van der Waals surface area (Å²) in [7, 11) is 0. The fourth-order valence-corrected chi connectivity index (χ4v) is 2.72. The Kier molecular flexibility index (Phi) is 12.8. The van der Waals surface area contributed by atoms with E-state index < -0.39 is 0 Å². The number of benzene rings is 1. The summed E-state index contributed by atoms with van der Waals surface area (Å²) in [6.07, 6.45) is 4.53. The van der Waals surface area contributed by atoms with Gasteiger partial charge in [-0.25, -0.2) is 0 Å². The van der Waals surface area contributed by atoms with E-state index in [0.717, 1.165) is 25.5 Å². The summed E-state index contributed by atoms with van der Waals surface area (Å²) in [4.78, 5) is 4.67. The molecular weight excluding hydrogens is 405 g/mol. The number of aryl methyl sites for hydroxylation is 1. The van der Waals surface area contributed by atoms with E-state index in [9.17, 15) is 0 Å². The first-order valence-electron chi connectivity index (χ1n) is 7.78. The quantitative estimate of drug-likeness (QED) is 0.276. The third-order valence-corrected chi connectivity index (χ3v) is 4.08. The molecule has 0 spiro atoms. The predicted molar refractivity (Wildman–Crippen MR) is 112 cm³/mol. The van der Waals surface area contributed by atoms with Gasteiger partial charge in [-0.15, -0.1) is 24.0 Å². The highest BCUT2D eigenvalue weighted by Crippen LogP contribution is 2.16. The van der Waals surface area contributed by atoms with E-state index in [1.165, 1.54) is 23.3 Å². The molecule has 3 nitrogen and oxygen atoms in total. The average molecular weight is 435 g/mol. The largest absolute Gasteiger partial charge is 0.357 e. The van der Waals surface area contributed by atoms with Crippen molar-refractivity contribution in [3.8, 4) is 0 Å². The second-order valence-electron chi connectivity index (χ2n) is 5.18. The first-order valence-corrected chi connectivity index (χ1v) is 9.17. The fraction of sp³-hybridized carbons (Fsp3) is 0.588. The zero-order valence-corrected chi connectivity index (χ0v) is 17.3. The van der Waals surface area contributed by atoms with Crippen molar-refractivity contribution in [3.05, 3.63) is 35.4 Å². The highest BCUT2D eigenvalue weighted by molar-refractivity contribution is 14.0. The summed E-state index contributed by atoms with van der Waals surface area (Å²) in [6.45, 7) is 8.21. The number of unbranched alkanes of at least 4 members (excludes halogenated alkanes) is 1. The average Bonchev–Trinajstić information content (AvgIpc) is 2.47. The Labute approximate surface area is 157 Å². The van der Waals surface area contributed by atoms with Crippen LogP contribution in [0, 0.1) is 6.92 Å². The van der Waals surface area contributed by atoms with Crippen LogP contribution in [0.4, 0.5) is 0 Å². The lowest BCUT2D eigenvalue weighted by atomic mass is 10.0. The Morgan fingerprint density at radius 1 is 1.27 bits per heavy atom. The van der Waals surface area contributed by atoms with E-state index >= 15 is 0 Å². The lowest BCUT2D eigenvalue weighted by Crippen LogP contribution is -2.39. The van der Waals surface area contributed by atoms with Gasteiger partial charge in [-0.3, -0.25) is 4.99 Å². The van der Waals surface area contributed by atoms with Crippen LogP contribution in [0.15, 0.2) is 29.3 Å². The summed E-state index contributed by atoms with van der Waals surface area (Å²) < 4.78 is 0. The van der Waals surface area contributed by atoms with Gasteiger partial charge in [0.05, 0.1) is 6.04 Å². The monoisotopic (exact) mass is 435 g/mol. The molecule has 0 bridgehead atoms. The third-order valence-electron chi connectivity index (χ3n) is 3.38. The predicted octanol–water partition coefficient (Wildman–Crippen LogP) is 4.37. The van der Waals surface area contributed by atoms with Crippen molar-refractivity contribution < 1.29 is 0 Å². The van der Waals surface area contributed by atoms with Crippen LogP contribution in [0.5, 0.6) is 0 Å². The molecule has 0 aromatic heterocycles. The van der Waals surface area contributed by atoms with Crippen LogP contribution in [-0.2, 0) is 0 Å². The molecule has 0 fully saturated rings. The third kappa shape index (κ3) is 8.27. The number of aliphatic imine (C=N–C) groups is 1. The minimum Gasteiger partial charge on any atom is -0.357 e. The topological polar surface area (TPSA) is 36.4 Å². The van der Waals surface area contributed by atoms with Gasteiger partial charge in [0.1, 0.15) is 0 Å². The van der Waals surface area contributed by atoms with Gasteiger partial charge >= 0.3 is 0 Å². The maximum absolute atomic E-state index is 4.67. The SMILES string of the molecule is CCNC(=NCCCCSC)NC(C)c1ccccc1C.I. The number of halogens is 1. The number of nitrogens with one attached hydrogen (secondary N) is 2. The van der Waals surface area contributed by atoms with Gasteiger partial charge in [0.2, 0.25) is 0 Å². The molecule has 1 aromatic carbocycles. The van der Waals surface area contributed by atoms with Crippen LogP contribution in [-0.4, -0.2) is 31.1 Å². The van der Waals surface area contributed by atoms with E-state index in [1.807, 2.05) is 11.8 Å². The van der Waals surface area contributed by atoms with Crippen molar-refractivity contribution in [2.24, 2.45) is 4.99 Å². The summed E-state index contributed by atoms with van der Waals surface area (Å²) in [5.74, 6) is 2.14. The van der Waals surface area contributed by atoms with Crippen LogP contribution >= 0.6 is 35.7 Å². The number of guanidine groups is 1. The highest BCUT2D eigenvalue weighted by atomic mass is 127. The molecule has 126 valence electrons. The zero-order chi connectivity index (χ0) is 15.5. The maximum atomic E-state index is 4.67. The van der Waals surface area contributed by atoms with E-state index in [0.29, 0.717) is 0 Å². The summed E-state index contributed by atoms with van der Waals surface area (Å²) in [5.41, 5.74) is 2.64. The lowest BCUT2D eigenvalue weighted by Gasteiger charge is -2.19. The van der Waals surface area contributed by atoms with E-state index in [-0.39, 0.29) is 30.0 Å². The Bertz CT molecular complexity index is 438. The maximum Gasteiger partial charge on any atom is 0.191 e. The summed E-state index contributed by atoms with van der Waals surface area (Å²) in [6, 6.07) is 8.76. The number of rotatable bonds is 8. The number of thioether (sulfide) groups is 1. The molecule has 0 saturated carbocycles.